The van der Waals surface area contributed by atoms with Gasteiger partial charge in [-0.15, -0.1) is 0 Å². The minimum absolute atomic E-state index is 0.304. The summed E-state index contributed by atoms with van der Waals surface area (Å²) < 4.78 is 2.14. The average Bonchev–Trinajstić information content (AvgIpc) is 3.06. The Morgan fingerprint density at radius 1 is 1.35 bits per heavy atom. The lowest BCUT2D eigenvalue weighted by Gasteiger charge is -2.07. The van der Waals surface area contributed by atoms with E-state index in [9.17, 15) is 0 Å². The van der Waals surface area contributed by atoms with Gasteiger partial charge in [-0.25, -0.2) is 4.98 Å². The molecule has 0 spiro atoms. The molecule has 4 heteroatoms. The summed E-state index contributed by atoms with van der Waals surface area (Å²) >= 11 is 0. The third kappa shape index (κ3) is 2.02. The fraction of sp³-hybridized carbons (Fsp3) is 0.312. The molecule has 2 aromatic heterocycles. The minimum Gasteiger partial charge on any atom is -0.350 e. The summed E-state index contributed by atoms with van der Waals surface area (Å²) in [6, 6.07) is 8.40. The maximum atomic E-state index is 5.79. The second-order valence-electron chi connectivity index (χ2n) is 5.19. The van der Waals surface area contributed by atoms with Crippen LogP contribution in [0, 0.1) is 0 Å². The van der Waals surface area contributed by atoms with E-state index in [-0.39, 0.29) is 0 Å². The fourth-order valence-electron chi connectivity index (χ4n) is 2.71. The number of nitrogens with two attached hydrogens (primary N) is 1. The van der Waals surface area contributed by atoms with Gasteiger partial charge in [-0.2, -0.15) is 0 Å². The van der Waals surface area contributed by atoms with Crippen LogP contribution in [-0.4, -0.2) is 21.1 Å². The number of rotatable bonds is 4. The van der Waals surface area contributed by atoms with Crippen LogP contribution in [0.15, 0.2) is 36.7 Å². The van der Waals surface area contributed by atoms with Crippen LogP contribution >= 0.6 is 0 Å². The Hall–Kier alpha value is -2.07. The van der Waals surface area contributed by atoms with E-state index in [4.69, 9.17) is 5.73 Å². The molecular weight excluding hydrogens is 248 g/mol. The number of hydrogen-bond donors (Lipinski definition) is 2. The number of imidazole rings is 1. The van der Waals surface area contributed by atoms with Gasteiger partial charge in [0.05, 0.1) is 11.9 Å². The molecule has 0 bridgehead atoms. The van der Waals surface area contributed by atoms with Crippen molar-refractivity contribution in [2.75, 3.05) is 6.54 Å². The molecule has 1 aromatic carbocycles. The molecular formula is C16H20N4. The number of fused-ring (bicyclic) bond motifs is 1. The average molecular weight is 268 g/mol. The van der Waals surface area contributed by atoms with Gasteiger partial charge in [0.25, 0.3) is 0 Å². The first-order valence-corrected chi connectivity index (χ1v) is 7.04. The van der Waals surface area contributed by atoms with Crippen molar-refractivity contribution in [3.8, 4) is 11.3 Å². The second kappa shape index (κ2) is 5.13. The quantitative estimate of drug-likeness (QED) is 0.764. The van der Waals surface area contributed by atoms with Crippen molar-refractivity contribution in [1.82, 2.24) is 14.5 Å². The van der Waals surface area contributed by atoms with Gasteiger partial charge in [-0.1, -0.05) is 25.1 Å². The minimum atomic E-state index is 0.304. The first kappa shape index (κ1) is 12.9. The molecule has 2 heterocycles. The van der Waals surface area contributed by atoms with E-state index in [1.807, 2.05) is 6.20 Å². The SMILES string of the molecule is CCC(CN)c1ncc(-c2cn(C)c3ccccc23)[nH]1. The van der Waals surface area contributed by atoms with Crippen molar-refractivity contribution in [2.24, 2.45) is 12.8 Å². The van der Waals surface area contributed by atoms with Crippen LogP contribution in [0.25, 0.3) is 22.2 Å². The summed E-state index contributed by atoms with van der Waals surface area (Å²) in [5.74, 6) is 1.29. The molecule has 1 atom stereocenters. The number of aryl methyl sites for hydroxylation is 1. The molecule has 20 heavy (non-hydrogen) atoms. The van der Waals surface area contributed by atoms with E-state index in [1.165, 1.54) is 16.5 Å². The van der Waals surface area contributed by atoms with Crippen molar-refractivity contribution in [3.05, 3.63) is 42.5 Å². The molecule has 104 valence electrons. The predicted octanol–water partition coefficient (Wildman–Crippen LogP) is 3.02. The number of benzene rings is 1. The molecule has 3 aromatic rings. The first-order chi connectivity index (χ1) is 9.74. The van der Waals surface area contributed by atoms with Gasteiger partial charge in [0.15, 0.2) is 0 Å². The maximum absolute atomic E-state index is 5.79. The van der Waals surface area contributed by atoms with E-state index in [0.29, 0.717) is 12.5 Å². The van der Waals surface area contributed by atoms with Crippen LogP contribution < -0.4 is 5.73 Å². The molecule has 0 aliphatic carbocycles. The zero-order chi connectivity index (χ0) is 14.1. The molecule has 0 saturated heterocycles. The molecule has 0 amide bonds. The smallest absolute Gasteiger partial charge is 0.110 e. The fourth-order valence-corrected chi connectivity index (χ4v) is 2.71. The zero-order valence-electron chi connectivity index (χ0n) is 11.9. The van der Waals surface area contributed by atoms with Gasteiger partial charge in [-0.05, 0) is 12.5 Å². The maximum Gasteiger partial charge on any atom is 0.110 e. The van der Waals surface area contributed by atoms with Crippen LogP contribution in [0.3, 0.4) is 0 Å². The number of nitrogens with zero attached hydrogens (tertiary/aromatic N) is 2. The topological polar surface area (TPSA) is 59.6 Å². The van der Waals surface area contributed by atoms with Gasteiger partial charge in [-0.3, -0.25) is 0 Å². The lowest BCUT2D eigenvalue weighted by atomic mass is 10.1. The number of H-pyrrole nitrogens is 1. The van der Waals surface area contributed by atoms with Gasteiger partial charge in [0, 0.05) is 42.2 Å². The molecule has 0 aliphatic rings. The Morgan fingerprint density at radius 3 is 2.90 bits per heavy atom. The highest BCUT2D eigenvalue weighted by Crippen LogP contribution is 2.29. The highest BCUT2D eigenvalue weighted by Gasteiger charge is 2.14. The van der Waals surface area contributed by atoms with Crippen molar-refractivity contribution in [2.45, 2.75) is 19.3 Å². The molecule has 1 unspecified atom stereocenters. The third-order valence-corrected chi connectivity index (χ3v) is 3.95. The Bertz CT molecular complexity index is 719. The number of aromatic amines is 1. The Labute approximate surface area is 118 Å². The van der Waals surface area contributed by atoms with Crippen LogP contribution in [0.2, 0.25) is 0 Å². The van der Waals surface area contributed by atoms with Crippen molar-refractivity contribution < 1.29 is 0 Å². The van der Waals surface area contributed by atoms with E-state index in [0.717, 1.165) is 17.9 Å². The van der Waals surface area contributed by atoms with Crippen LogP contribution in [-0.2, 0) is 7.05 Å². The Balaban J connectivity index is 2.08. The summed E-state index contributed by atoms with van der Waals surface area (Å²) in [4.78, 5) is 7.94. The van der Waals surface area contributed by atoms with E-state index in [2.05, 4.69) is 59.0 Å². The van der Waals surface area contributed by atoms with Gasteiger partial charge >= 0.3 is 0 Å². The number of hydrogen-bond acceptors (Lipinski definition) is 2. The second-order valence-corrected chi connectivity index (χ2v) is 5.19. The largest absolute Gasteiger partial charge is 0.350 e. The molecule has 3 rings (SSSR count). The number of para-hydroxylation sites is 1. The van der Waals surface area contributed by atoms with Crippen LogP contribution in [0.1, 0.15) is 25.1 Å². The van der Waals surface area contributed by atoms with Crippen molar-refractivity contribution in [3.63, 3.8) is 0 Å². The van der Waals surface area contributed by atoms with Gasteiger partial charge in [0.2, 0.25) is 0 Å². The summed E-state index contributed by atoms with van der Waals surface area (Å²) in [6.45, 7) is 2.76. The summed E-state index contributed by atoms with van der Waals surface area (Å²) in [5.41, 5.74) is 9.27. The highest BCUT2D eigenvalue weighted by molar-refractivity contribution is 5.95. The van der Waals surface area contributed by atoms with Gasteiger partial charge in [0.1, 0.15) is 5.82 Å². The molecule has 0 fully saturated rings. The van der Waals surface area contributed by atoms with Crippen LogP contribution in [0.5, 0.6) is 0 Å². The highest BCUT2D eigenvalue weighted by atomic mass is 15.0. The Morgan fingerprint density at radius 2 is 2.15 bits per heavy atom. The molecule has 4 nitrogen and oxygen atoms in total. The molecule has 0 radical (unpaired) electrons. The molecule has 3 N–H and O–H groups in total. The Kier molecular flexibility index (Phi) is 3.32. The van der Waals surface area contributed by atoms with E-state index >= 15 is 0 Å². The lowest BCUT2D eigenvalue weighted by molar-refractivity contribution is 0.639. The predicted molar refractivity (Wildman–Crippen MR) is 82.6 cm³/mol. The summed E-state index contributed by atoms with van der Waals surface area (Å²) in [7, 11) is 2.07. The third-order valence-electron chi connectivity index (χ3n) is 3.95. The monoisotopic (exact) mass is 268 g/mol. The van der Waals surface area contributed by atoms with Gasteiger partial charge < -0.3 is 15.3 Å². The summed E-state index contributed by atoms with van der Waals surface area (Å²) in [6.07, 6.45) is 5.06. The van der Waals surface area contributed by atoms with Crippen molar-refractivity contribution in [1.29, 1.82) is 0 Å². The van der Waals surface area contributed by atoms with Crippen molar-refractivity contribution >= 4 is 10.9 Å². The lowest BCUT2D eigenvalue weighted by Crippen LogP contribution is -2.12. The summed E-state index contributed by atoms with van der Waals surface area (Å²) in [5, 5.41) is 1.24. The number of aromatic nitrogens is 3. The molecule has 0 aliphatic heterocycles. The standard InChI is InChI=1S/C16H20N4/c1-3-11(8-17)16-18-9-14(19-16)13-10-20(2)15-7-5-4-6-12(13)15/h4-7,9-11H,3,8,17H2,1-2H3,(H,18,19). The first-order valence-electron chi connectivity index (χ1n) is 7.04. The zero-order valence-corrected chi connectivity index (χ0v) is 11.9. The molecule has 0 saturated carbocycles. The van der Waals surface area contributed by atoms with Crippen LogP contribution in [0.4, 0.5) is 0 Å². The van der Waals surface area contributed by atoms with E-state index < -0.39 is 0 Å². The number of nitrogens with one attached hydrogen (secondary N) is 1. The van der Waals surface area contributed by atoms with E-state index in [1.54, 1.807) is 0 Å². The normalized spacial score (nSPS) is 12.9.